The molecule has 114 valence electrons. The predicted molar refractivity (Wildman–Crippen MR) is 87.6 cm³/mol. The fourth-order valence-electron chi connectivity index (χ4n) is 1.81. The molecule has 1 aromatic rings. The van der Waals surface area contributed by atoms with Gasteiger partial charge in [-0.2, -0.15) is 0 Å². The van der Waals surface area contributed by atoms with Gasteiger partial charge in [-0.25, -0.2) is 0 Å². The zero-order chi connectivity index (χ0) is 15.8. The van der Waals surface area contributed by atoms with Gasteiger partial charge in [-0.3, -0.25) is 9.00 Å². The molecule has 0 aliphatic rings. The van der Waals surface area contributed by atoms with Gasteiger partial charge in [-0.1, -0.05) is 24.8 Å². The summed E-state index contributed by atoms with van der Waals surface area (Å²) in [6.45, 7) is 4.59. The molecule has 0 bridgehead atoms. The molecule has 0 aliphatic heterocycles. The van der Waals surface area contributed by atoms with E-state index in [0.717, 1.165) is 11.1 Å². The number of rotatable bonds is 5. The van der Waals surface area contributed by atoms with Crippen molar-refractivity contribution >= 4 is 16.7 Å². The first kappa shape index (κ1) is 17.4. The number of benzene rings is 1. The van der Waals surface area contributed by atoms with E-state index in [2.05, 4.69) is 17.2 Å². The zero-order valence-corrected chi connectivity index (χ0v) is 13.5. The summed E-state index contributed by atoms with van der Waals surface area (Å²) in [6, 6.07) is 5.46. The van der Waals surface area contributed by atoms with Gasteiger partial charge in [0.2, 0.25) is 0 Å². The summed E-state index contributed by atoms with van der Waals surface area (Å²) in [5.74, 6) is 5.63. The first-order chi connectivity index (χ1) is 9.97. The first-order valence-electron chi connectivity index (χ1n) is 6.86. The Balaban J connectivity index is 2.73. The number of nitrogens with two attached hydrogens (primary N) is 1. The fourth-order valence-corrected chi connectivity index (χ4v) is 2.26. The monoisotopic (exact) mass is 306 g/mol. The Morgan fingerprint density at radius 3 is 2.81 bits per heavy atom. The van der Waals surface area contributed by atoms with Gasteiger partial charge >= 0.3 is 0 Å². The van der Waals surface area contributed by atoms with Crippen LogP contribution in [-0.4, -0.2) is 34.7 Å². The van der Waals surface area contributed by atoms with E-state index in [0.29, 0.717) is 25.1 Å². The van der Waals surface area contributed by atoms with Crippen LogP contribution in [0.1, 0.15) is 34.8 Å². The van der Waals surface area contributed by atoms with E-state index < -0.39 is 10.8 Å². The van der Waals surface area contributed by atoms with E-state index in [9.17, 15) is 9.00 Å². The van der Waals surface area contributed by atoms with Crippen LogP contribution in [0.15, 0.2) is 18.2 Å². The molecular formula is C16H22N2O2S. The molecule has 1 amide bonds. The lowest BCUT2D eigenvalue weighted by Crippen LogP contribution is -2.28. The van der Waals surface area contributed by atoms with Crippen molar-refractivity contribution in [2.75, 3.05) is 19.3 Å². The second kappa shape index (κ2) is 8.60. The van der Waals surface area contributed by atoms with Crippen molar-refractivity contribution in [3.8, 4) is 11.8 Å². The van der Waals surface area contributed by atoms with Crippen LogP contribution in [-0.2, 0) is 10.8 Å². The van der Waals surface area contributed by atoms with E-state index >= 15 is 0 Å². The van der Waals surface area contributed by atoms with Crippen molar-refractivity contribution in [1.82, 2.24) is 5.32 Å². The van der Waals surface area contributed by atoms with Crippen LogP contribution >= 0.6 is 0 Å². The molecule has 0 aromatic heterocycles. The highest BCUT2D eigenvalue weighted by molar-refractivity contribution is 7.84. The molecule has 0 heterocycles. The van der Waals surface area contributed by atoms with Crippen molar-refractivity contribution in [3.05, 3.63) is 34.9 Å². The van der Waals surface area contributed by atoms with Gasteiger partial charge in [-0.05, 0) is 31.0 Å². The maximum absolute atomic E-state index is 12.2. The van der Waals surface area contributed by atoms with Crippen molar-refractivity contribution in [3.63, 3.8) is 0 Å². The van der Waals surface area contributed by atoms with Crippen molar-refractivity contribution < 1.29 is 9.00 Å². The lowest BCUT2D eigenvalue weighted by molar-refractivity contribution is 0.0952. The summed E-state index contributed by atoms with van der Waals surface area (Å²) < 4.78 is 11.3. The average Bonchev–Trinajstić information content (AvgIpc) is 2.45. The number of hydrogen-bond donors (Lipinski definition) is 2. The number of carbonyl (C=O) groups is 1. The van der Waals surface area contributed by atoms with Crippen LogP contribution in [0.25, 0.3) is 0 Å². The number of nitrogens with one attached hydrogen (secondary N) is 1. The summed E-state index contributed by atoms with van der Waals surface area (Å²) in [5.41, 5.74) is 7.65. The molecule has 0 aliphatic carbocycles. The molecule has 2 atom stereocenters. The highest BCUT2D eigenvalue weighted by Gasteiger charge is 2.12. The van der Waals surface area contributed by atoms with Crippen LogP contribution in [0.2, 0.25) is 0 Å². The Kier molecular flexibility index (Phi) is 7.13. The molecule has 21 heavy (non-hydrogen) atoms. The summed E-state index contributed by atoms with van der Waals surface area (Å²) in [4.78, 5) is 12.2. The Bertz CT molecular complexity index is 588. The SMILES string of the molecule is Cc1c(C#CCN)cccc1C(=O)NCCC(C)S(C)=O. The quantitative estimate of drug-likeness (QED) is 0.803. The molecule has 0 fully saturated rings. The third kappa shape index (κ3) is 5.33. The normalized spacial score (nSPS) is 13.0. The maximum Gasteiger partial charge on any atom is 0.251 e. The van der Waals surface area contributed by atoms with E-state index in [1.807, 2.05) is 26.0 Å². The molecule has 1 aromatic carbocycles. The summed E-state index contributed by atoms with van der Waals surface area (Å²) >= 11 is 0. The van der Waals surface area contributed by atoms with E-state index in [1.165, 1.54) is 0 Å². The standard InChI is InChI=1S/C16H22N2O2S/c1-12(21(3)20)9-11-18-16(19)15-8-4-6-14(13(15)2)7-5-10-17/h4,6,8,12H,9-11,17H2,1-3H3,(H,18,19). The van der Waals surface area contributed by atoms with Gasteiger partial charge in [0.1, 0.15) is 0 Å². The van der Waals surface area contributed by atoms with E-state index in [1.54, 1.807) is 12.3 Å². The minimum Gasteiger partial charge on any atom is -0.352 e. The molecule has 3 N–H and O–H groups in total. The van der Waals surface area contributed by atoms with Crippen molar-refractivity contribution in [2.24, 2.45) is 5.73 Å². The minimum atomic E-state index is -0.863. The highest BCUT2D eigenvalue weighted by atomic mass is 32.2. The Hall–Kier alpha value is -1.64. The average molecular weight is 306 g/mol. The number of hydrogen-bond acceptors (Lipinski definition) is 3. The molecule has 0 spiro atoms. The van der Waals surface area contributed by atoms with E-state index in [4.69, 9.17) is 5.73 Å². The van der Waals surface area contributed by atoms with Gasteiger partial charge < -0.3 is 11.1 Å². The van der Waals surface area contributed by atoms with Gasteiger partial charge in [0, 0.05) is 40.0 Å². The van der Waals surface area contributed by atoms with Crippen LogP contribution in [0.3, 0.4) is 0 Å². The molecule has 4 nitrogen and oxygen atoms in total. The second-order valence-corrected chi connectivity index (χ2v) is 6.64. The number of amides is 1. The summed E-state index contributed by atoms with van der Waals surface area (Å²) in [7, 11) is -0.863. The number of carbonyl (C=O) groups excluding carboxylic acids is 1. The molecular weight excluding hydrogens is 284 g/mol. The molecule has 0 radical (unpaired) electrons. The highest BCUT2D eigenvalue weighted by Crippen LogP contribution is 2.13. The maximum atomic E-state index is 12.2. The van der Waals surface area contributed by atoms with Crippen molar-refractivity contribution in [1.29, 1.82) is 0 Å². The van der Waals surface area contributed by atoms with Crippen LogP contribution in [0.5, 0.6) is 0 Å². The second-order valence-electron chi connectivity index (χ2n) is 4.84. The lowest BCUT2D eigenvalue weighted by Gasteiger charge is -2.11. The Morgan fingerprint density at radius 1 is 1.48 bits per heavy atom. The zero-order valence-electron chi connectivity index (χ0n) is 12.7. The predicted octanol–water partition coefficient (Wildman–Crippen LogP) is 1.19. The lowest BCUT2D eigenvalue weighted by atomic mass is 10.0. The van der Waals surface area contributed by atoms with Gasteiger partial charge in [0.25, 0.3) is 5.91 Å². The molecule has 5 heteroatoms. The largest absolute Gasteiger partial charge is 0.352 e. The molecule has 1 rings (SSSR count). The topological polar surface area (TPSA) is 72.2 Å². The third-order valence-electron chi connectivity index (χ3n) is 3.31. The van der Waals surface area contributed by atoms with Crippen molar-refractivity contribution in [2.45, 2.75) is 25.5 Å². The van der Waals surface area contributed by atoms with Crippen LogP contribution in [0.4, 0.5) is 0 Å². The minimum absolute atomic E-state index is 0.0770. The van der Waals surface area contributed by atoms with Gasteiger partial charge in [0.05, 0.1) is 6.54 Å². The van der Waals surface area contributed by atoms with Gasteiger partial charge in [-0.15, -0.1) is 0 Å². The summed E-state index contributed by atoms with van der Waals surface area (Å²) in [6.07, 6.45) is 2.37. The van der Waals surface area contributed by atoms with E-state index in [-0.39, 0.29) is 11.2 Å². The van der Waals surface area contributed by atoms with Crippen LogP contribution < -0.4 is 11.1 Å². The molecule has 2 unspecified atom stereocenters. The van der Waals surface area contributed by atoms with Crippen LogP contribution in [0, 0.1) is 18.8 Å². The fraction of sp³-hybridized carbons (Fsp3) is 0.438. The summed E-state index contributed by atoms with van der Waals surface area (Å²) in [5, 5.41) is 2.94. The first-order valence-corrected chi connectivity index (χ1v) is 8.48. The van der Waals surface area contributed by atoms with Gasteiger partial charge in [0.15, 0.2) is 0 Å². The Morgan fingerprint density at radius 2 is 2.19 bits per heavy atom. The smallest absolute Gasteiger partial charge is 0.251 e. The molecule has 0 saturated carbocycles. The third-order valence-corrected chi connectivity index (χ3v) is 4.68. The molecule has 0 saturated heterocycles. The Labute approximate surface area is 129 Å².